The highest BCUT2D eigenvalue weighted by Gasteiger charge is 2.14. The molecule has 1 heteroatoms. The Balaban J connectivity index is 2.52. The van der Waals surface area contributed by atoms with Crippen LogP contribution in [0.5, 0.6) is 0 Å². The first-order chi connectivity index (χ1) is 8.52. The van der Waals surface area contributed by atoms with Gasteiger partial charge >= 0.3 is 0 Å². The Morgan fingerprint density at radius 2 is 1.44 bits per heavy atom. The van der Waals surface area contributed by atoms with Gasteiger partial charge in [0.05, 0.1) is 6.04 Å². The zero-order chi connectivity index (χ0) is 13.3. The summed E-state index contributed by atoms with van der Waals surface area (Å²) in [7, 11) is 0. The van der Waals surface area contributed by atoms with Crippen molar-refractivity contribution in [2.75, 3.05) is 0 Å². The van der Waals surface area contributed by atoms with Crippen LogP contribution in [0.2, 0.25) is 0 Å². The maximum Gasteiger partial charge on any atom is 0.0554 e. The summed E-state index contributed by atoms with van der Waals surface area (Å²) < 4.78 is 0. The quantitative estimate of drug-likeness (QED) is 0.843. The summed E-state index contributed by atoms with van der Waals surface area (Å²) in [5.41, 5.74) is 14.2. The second-order valence-electron chi connectivity index (χ2n) is 5.05. The van der Waals surface area contributed by atoms with Gasteiger partial charge in [-0.25, -0.2) is 0 Å². The van der Waals surface area contributed by atoms with E-state index in [1.807, 2.05) is 18.2 Å². The Morgan fingerprint density at radius 3 is 2.06 bits per heavy atom. The monoisotopic (exact) mass is 239 g/mol. The first-order valence-electron chi connectivity index (χ1n) is 6.40. The van der Waals surface area contributed by atoms with Crippen LogP contribution in [-0.4, -0.2) is 0 Å². The number of rotatable bonds is 2. The average Bonchev–Trinajstić information content (AvgIpc) is 2.41. The molecule has 0 saturated heterocycles. The van der Waals surface area contributed by atoms with Crippen molar-refractivity contribution in [3.05, 3.63) is 69.8 Å². The summed E-state index contributed by atoms with van der Waals surface area (Å²) in [4.78, 5) is 0. The van der Waals surface area contributed by atoms with Gasteiger partial charge in [-0.1, -0.05) is 36.4 Å². The molecule has 0 saturated carbocycles. The molecule has 0 bridgehead atoms. The number of hydrogen-bond donors (Lipinski definition) is 1. The lowest BCUT2D eigenvalue weighted by Gasteiger charge is -2.20. The first kappa shape index (κ1) is 12.8. The maximum atomic E-state index is 6.40. The van der Waals surface area contributed by atoms with Crippen LogP contribution in [0, 0.1) is 27.7 Å². The van der Waals surface area contributed by atoms with E-state index in [-0.39, 0.29) is 6.04 Å². The molecule has 2 rings (SSSR count). The molecule has 0 fully saturated rings. The van der Waals surface area contributed by atoms with Crippen LogP contribution < -0.4 is 5.73 Å². The summed E-state index contributed by atoms with van der Waals surface area (Å²) in [5.74, 6) is 0. The van der Waals surface area contributed by atoms with Gasteiger partial charge in [0.2, 0.25) is 0 Å². The van der Waals surface area contributed by atoms with Crippen LogP contribution in [-0.2, 0) is 0 Å². The molecule has 0 radical (unpaired) electrons. The molecule has 1 nitrogen and oxygen atoms in total. The highest BCUT2D eigenvalue weighted by atomic mass is 14.6. The molecule has 94 valence electrons. The van der Waals surface area contributed by atoms with E-state index < -0.39 is 0 Å². The van der Waals surface area contributed by atoms with Crippen molar-refractivity contribution >= 4 is 0 Å². The highest BCUT2D eigenvalue weighted by molar-refractivity contribution is 5.47. The molecule has 0 spiro atoms. The molecule has 0 aromatic heterocycles. The van der Waals surface area contributed by atoms with E-state index in [0.29, 0.717) is 0 Å². The van der Waals surface area contributed by atoms with Crippen LogP contribution in [0.4, 0.5) is 0 Å². The molecule has 0 heterocycles. The lowest BCUT2D eigenvalue weighted by Crippen LogP contribution is -2.14. The van der Waals surface area contributed by atoms with Crippen LogP contribution in [0.1, 0.15) is 39.4 Å². The van der Waals surface area contributed by atoms with E-state index in [4.69, 9.17) is 5.73 Å². The topological polar surface area (TPSA) is 26.0 Å². The van der Waals surface area contributed by atoms with Gasteiger partial charge in [-0.15, -0.1) is 0 Å². The van der Waals surface area contributed by atoms with E-state index in [2.05, 4.69) is 45.9 Å². The zero-order valence-corrected chi connectivity index (χ0v) is 11.6. The van der Waals surface area contributed by atoms with Gasteiger partial charge in [-0.2, -0.15) is 0 Å². The van der Waals surface area contributed by atoms with Gasteiger partial charge in [-0.3, -0.25) is 0 Å². The van der Waals surface area contributed by atoms with Crippen molar-refractivity contribution in [3.63, 3.8) is 0 Å². The number of benzene rings is 2. The number of hydrogen-bond acceptors (Lipinski definition) is 1. The Bertz CT molecular complexity index is 556. The minimum atomic E-state index is -0.0378. The molecule has 1 unspecified atom stereocenters. The third-order valence-electron chi connectivity index (χ3n) is 4.02. The predicted octanol–water partition coefficient (Wildman–Crippen LogP) is 3.97. The number of aryl methyl sites for hydroxylation is 1. The zero-order valence-electron chi connectivity index (χ0n) is 11.6. The van der Waals surface area contributed by atoms with Gasteiger partial charge in [0.15, 0.2) is 0 Å². The summed E-state index contributed by atoms with van der Waals surface area (Å²) in [6.45, 7) is 8.68. The molecule has 0 aliphatic rings. The van der Waals surface area contributed by atoms with Crippen molar-refractivity contribution < 1.29 is 0 Å². The predicted molar refractivity (Wildman–Crippen MR) is 77.9 cm³/mol. The Kier molecular flexibility index (Phi) is 3.53. The van der Waals surface area contributed by atoms with Crippen molar-refractivity contribution in [3.8, 4) is 0 Å². The minimum Gasteiger partial charge on any atom is -0.320 e. The van der Waals surface area contributed by atoms with Crippen molar-refractivity contribution in [1.82, 2.24) is 0 Å². The maximum absolute atomic E-state index is 6.40. The molecule has 2 N–H and O–H groups in total. The largest absolute Gasteiger partial charge is 0.320 e. The fraction of sp³-hybridized carbons (Fsp3) is 0.294. The van der Waals surface area contributed by atoms with Crippen LogP contribution in [0.25, 0.3) is 0 Å². The normalized spacial score (nSPS) is 12.5. The average molecular weight is 239 g/mol. The van der Waals surface area contributed by atoms with Crippen LogP contribution in [0.3, 0.4) is 0 Å². The number of nitrogens with two attached hydrogens (primary N) is 1. The van der Waals surface area contributed by atoms with Gasteiger partial charge in [0, 0.05) is 0 Å². The van der Waals surface area contributed by atoms with Gasteiger partial charge in [-0.05, 0) is 61.1 Å². The van der Waals surface area contributed by atoms with Crippen LogP contribution >= 0.6 is 0 Å². The highest BCUT2D eigenvalue weighted by Crippen LogP contribution is 2.28. The van der Waals surface area contributed by atoms with E-state index >= 15 is 0 Å². The molecule has 0 amide bonds. The Hall–Kier alpha value is -1.60. The summed E-state index contributed by atoms with van der Waals surface area (Å²) in [5, 5.41) is 0. The van der Waals surface area contributed by atoms with E-state index in [1.54, 1.807) is 0 Å². The SMILES string of the molecule is Cc1cc(C(N)c2ccccc2)c(C)c(C)c1C. The summed E-state index contributed by atoms with van der Waals surface area (Å²) in [6, 6.07) is 12.5. The van der Waals surface area contributed by atoms with E-state index in [9.17, 15) is 0 Å². The van der Waals surface area contributed by atoms with Crippen molar-refractivity contribution in [2.24, 2.45) is 5.73 Å². The first-order valence-corrected chi connectivity index (χ1v) is 6.40. The second kappa shape index (κ2) is 4.95. The molecule has 0 aliphatic heterocycles. The summed E-state index contributed by atoms with van der Waals surface area (Å²) in [6.07, 6.45) is 0. The smallest absolute Gasteiger partial charge is 0.0554 e. The van der Waals surface area contributed by atoms with Crippen molar-refractivity contribution in [2.45, 2.75) is 33.7 Å². The molecular formula is C17H21N. The second-order valence-corrected chi connectivity index (χ2v) is 5.05. The fourth-order valence-corrected chi connectivity index (χ4v) is 2.41. The Morgan fingerprint density at radius 1 is 0.833 bits per heavy atom. The summed E-state index contributed by atoms with van der Waals surface area (Å²) >= 11 is 0. The molecule has 2 aromatic rings. The minimum absolute atomic E-state index is 0.0378. The van der Waals surface area contributed by atoms with Crippen LogP contribution in [0.15, 0.2) is 36.4 Å². The van der Waals surface area contributed by atoms with Gasteiger partial charge in [0.1, 0.15) is 0 Å². The lowest BCUT2D eigenvalue weighted by molar-refractivity contribution is 0.855. The standard InChI is InChI=1S/C17H21N/c1-11-10-16(14(4)13(3)12(11)2)17(18)15-8-6-5-7-9-15/h5-10,17H,18H2,1-4H3. The molecule has 18 heavy (non-hydrogen) atoms. The van der Waals surface area contributed by atoms with Gasteiger partial charge < -0.3 is 5.73 Å². The van der Waals surface area contributed by atoms with E-state index in [1.165, 1.54) is 33.4 Å². The van der Waals surface area contributed by atoms with E-state index in [0.717, 1.165) is 0 Å². The Labute approximate surface area is 110 Å². The molecule has 0 aliphatic carbocycles. The fourth-order valence-electron chi connectivity index (χ4n) is 2.41. The molecule has 1 atom stereocenters. The third kappa shape index (κ3) is 2.19. The van der Waals surface area contributed by atoms with Gasteiger partial charge in [0.25, 0.3) is 0 Å². The third-order valence-corrected chi connectivity index (χ3v) is 4.02. The molecular weight excluding hydrogens is 218 g/mol. The lowest BCUT2D eigenvalue weighted by atomic mass is 9.89. The molecule has 2 aromatic carbocycles. The van der Waals surface area contributed by atoms with Crippen molar-refractivity contribution in [1.29, 1.82) is 0 Å².